The minimum Gasteiger partial charge on any atom is -0.367 e. The molecule has 3 heterocycles. The summed E-state index contributed by atoms with van der Waals surface area (Å²) in [5, 5.41) is 17.9. The van der Waals surface area contributed by atoms with Gasteiger partial charge in [-0.1, -0.05) is 30.5 Å². The van der Waals surface area contributed by atoms with Gasteiger partial charge in [-0.3, -0.25) is 4.79 Å². The molecule has 0 saturated heterocycles. The van der Waals surface area contributed by atoms with E-state index in [9.17, 15) is 10.1 Å². The van der Waals surface area contributed by atoms with Crippen LogP contribution in [0.5, 0.6) is 0 Å². The van der Waals surface area contributed by atoms with E-state index in [1.165, 1.54) is 25.7 Å². The second-order valence-electron chi connectivity index (χ2n) is 8.53. The molecule has 34 heavy (non-hydrogen) atoms. The van der Waals surface area contributed by atoms with Crippen LogP contribution in [0.4, 0.5) is 5.82 Å². The summed E-state index contributed by atoms with van der Waals surface area (Å²) in [6.07, 6.45) is 12.0. The second kappa shape index (κ2) is 9.16. The van der Waals surface area contributed by atoms with Gasteiger partial charge in [0.05, 0.1) is 22.5 Å². The first-order valence-corrected chi connectivity index (χ1v) is 11.6. The van der Waals surface area contributed by atoms with Gasteiger partial charge in [0, 0.05) is 54.4 Å². The van der Waals surface area contributed by atoms with Crippen molar-refractivity contribution in [2.24, 2.45) is 7.05 Å². The standard InChI is InChI=1S/C26H23ClN6O/c1-32-16-22(18-14-30-33(15-18)24-8-4-7-23(27)21(24)12-28)20(11-26(32)34)17-9-10-25(29-13-17)31-19-5-2-3-6-19/h4,7-11,13-16,19H,2-3,5-6H2,1H3,(H,29,31). The molecule has 7 nitrogen and oxygen atoms in total. The summed E-state index contributed by atoms with van der Waals surface area (Å²) in [7, 11) is 1.72. The van der Waals surface area contributed by atoms with E-state index >= 15 is 0 Å². The zero-order chi connectivity index (χ0) is 23.7. The van der Waals surface area contributed by atoms with E-state index in [0.717, 1.165) is 28.1 Å². The highest BCUT2D eigenvalue weighted by atomic mass is 35.5. The number of pyridine rings is 2. The monoisotopic (exact) mass is 470 g/mol. The molecule has 0 bridgehead atoms. The molecule has 1 N–H and O–H groups in total. The van der Waals surface area contributed by atoms with E-state index in [-0.39, 0.29) is 5.56 Å². The van der Waals surface area contributed by atoms with Crippen molar-refractivity contribution < 1.29 is 0 Å². The normalized spacial score (nSPS) is 13.7. The van der Waals surface area contributed by atoms with E-state index < -0.39 is 0 Å². The Balaban J connectivity index is 1.53. The zero-order valence-corrected chi connectivity index (χ0v) is 19.5. The molecule has 1 aliphatic carbocycles. The van der Waals surface area contributed by atoms with Gasteiger partial charge in [-0.05, 0) is 42.7 Å². The number of nitrogens with zero attached hydrogens (tertiary/aromatic N) is 5. The number of aromatic nitrogens is 4. The molecule has 4 aromatic rings. The Hall–Kier alpha value is -3.89. The van der Waals surface area contributed by atoms with Crippen molar-refractivity contribution in [1.82, 2.24) is 19.3 Å². The number of halogens is 1. The summed E-state index contributed by atoms with van der Waals surface area (Å²) in [6.45, 7) is 0. The van der Waals surface area contributed by atoms with Crippen molar-refractivity contribution in [3.63, 3.8) is 0 Å². The van der Waals surface area contributed by atoms with Crippen molar-refractivity contribution in [3.8, 4) is 34.0 Å². The maximum atomic E-state index is 12.5. The maximum absolute atomic E-state index is 12.5. The van der Waals surface area contributed by atoms with Crippen LogP contribution in [0.2, 0.25) is 5.02 Å². The van der Waals surface area contributed by atoms with Gasteiger partial charge in [-0.25, -0.2) is 9.67 Å². The Kier molecular flexibility index (Phi) is 5.91. The predicted molar refractivity (Wildman–Crippen MR) is 133 cm³/mol. The molecule has 0 spiro atoms. The molecule has 1 aromatic carbocycles. The second-order valence-corrected chi connectivity index (χ2v) is 8.93. The number of rotatable bonds is 5. The fraction of sp³-hybridized carbons (Fsp3) is 0.231. The topological polar surface area (TPSA) is 88.5 Å². The van der Waals surface area contributed by atoms with Crippen molar-refractivity contribution in [2.45, 2.75) is 31.7 Å². The van der Waals surface area contributed by atoms with Crippen molar-refractivity contribution in [2.75, 3.05) is 5.32 Å². The van der Waals surface area contributed by atoms with Gasteiger partial charge in [0.15, 0.2) is 0 Å². The molecular formula is C26H23ClN6O. The van der Waals surface area contributed by atoms with Crippen LogP contribution < -0.4 is 10.9 Å². The fourth-order valence-corrected chi connectivity index (χ4v) is 4.64. The Labute approximate surface area is 202 Å². The highest BCUT2D eigenvalue weighted by molar-refractivity contribution is 6.32. The zero-order valence-electron chi connectivity index (χ0n) is 18.7. The third-order valence-corrected chi connectivity index (χ3v) is 6.57. The number of hydrogen-bond acceptors (Lipinski definition) is 5. The molecule has 3 aromatic heterocycles. The first-order chi connectivity index (χ1) is 16.5. The molecule has 170 valence electrons. The maximum Gasteiger partial charge on any atom is 0.250 e. The molecular weight excluding hydrogens is 448 g/mol. The third kappa shape index (κ3) is 4.20. The molecule has 5 rings (SSSR count). The Morgan fingerprint density at radius 1 is 1.09 bits per heavy atom. The van der Waals surface area contributed by atoms with Crippen LogP contribution in [0.25, 0.3) is 27.9 Å². The van der Waals surface area contributed by atoms with Gasteiger partial charge in [0.25, 0.3) is 5.56 Å². The average Bonchev–Trinajstić information content (AvgIpc) is 3.53. The van der Waals surface area contributed by atoms with Gasteiger partial charge < -0.3 is 9.88 Å². The highest BCUT2D eigenvalue weighted by Gasteiger charge is 2.17. The lowest BCUT2D eigenvalue weighted by atomic mass is 9.99. The minimum absolute atomic E-state index is 0.110. The van der Waals surface area contributed by atoms with Gasteiger partial charge in [-0.2, -0.15) is 10.4 Å². The largest absolute Gasteiger partial charge is 0.367 e. The Morgan fingerprint density at radius 2 is 1.91 bits per heavy atom. The van der Waals surface area contributed by atoms with Crippen LogP contribution in [0.15, 0.2) is 66.0 Å². The summed E-state index contributed by atoms with van der Waals surface area (Å²) < 4.78 is 3.17. The number of hydrogen-bond donors (Lipinski definition) is 1. The third-order valence-electron chi connectivity index (χ3n) is 6.25. The highest BCUT2D eigenvalue weighted by Crippen LogP contribution is 2.32. The molecule has 1 saturated carbocycles. The summed E-state index contributed by atoms with van der Waals surface area (Å²) in [5.74, 6) is 0.846. The number of nitriles is 1. The number of aryl methyl sites for hydroxylation is 1. The van der Waals surface area contributed by atoms with Crippen molar-refractivity contribution in [3.05, 3.63) is 82.1 Å². The number of nitrogens with one attached hydrogen (secondary N) is 1. The lowest BCUT2D eigenvalue weighted by Crippen LogP contribution is -2.16. The van der Waals surface area contributed by atoms with Gasteiger partial charge in [0.1, 0.15) is 11.9 Å². The predicted octanol–water partition coefficient (Wildman–Crippen LogP) is 5.18. The Morgan fingerprint density at radius 3 is 2.65 bits per heavy atom. The van der Waals surface area contributed by atoms with Crippen LogP contribution in [0.1, 0.15) is 31.2 Å². The summed E-state index contributed by atoms with van der Waals surface area (Å²) in [6, 6.07) is 13.4. The minimum atomic E-state index is -0.110. The molecule has 1 aliphatic rings. The fourth-order valence-electron chi connectivity index (χ4n) is 4.42. The summed E-state index contributed by atoms with van der Waals surface area (Å²) >= 11 is 6.20. The van der Waals surface area contributed by atoms with E-state index in [1.807, 2.05) is 18.3 Å². The lowest BCUT2D eigenvalue weighted by molar-refractivity contribution is 0.750. The summed E-state index contributed by atoms with van der Waals surface area (Å²) in [4.78, 5) is 17.1. The first-order valence-electron chi connectivity index (χ1n) is 11.2. The molecule has 8 heteroatoms. The van der Waals surface area contributed by atoms with Gasteiger partial charge in [-0.15, -0.1) is 0 Å². The number of benzene rings is 1. The molecule has 0 atom stereocenters. The smallest absolute Gasteiger partial charge is 0.250 e. The summed E-state index contributed by atoms with van der Waals surface area (Å²) in [5.41, 5.74) is 4.11. The van der Waals surface area contributed by atoms with Crippen LogP contribution in [0.3, 0.4) is 0 Å². The average molecular weight is 471 g/mol. The quantitative estimate of drug-likeness (QED) is 0.434. The van der Waals surface area contributed by atoms with E-state index in [4.69, 9.17) is 11.6 Å². The van der Waals surface area contributed by atoms with E-state index in [1.54, 1.807) is 59.2 Å². The van der Waals surface area contributed by atoms with E-state index in [2.05, 4.69) is 21.5 Å². The van der Waals surface area contributed by atoms with Crippen LogP contribution in [0, 0.1) is 11.3 Å². The molecule has 0 unspecified atom stereocenters. The Bertz CT molecular complexity index is 1440. The lowest BCUT2D eigenvalue weighted by Gasteiger charge is -2.14. The number of anilines is 1. The molecule has 0 amide bonds. The van der Waals surface area contributed by atoms with Crippen molar-refractivity contribution in [1.29, 1.82) is 5.26 Å². The SMILES string of the molecule is Cn1cc(-c2cnn(-c3cccc(Cl)c3C#N)c2)c(-c2ccc(NC3CCCC3)nc2)cc1=O. The molecule has 0 aliphatic heterocycles. The van der Waals surface area contributed by atoms with Gasteiger partial charge in [0.2, 0.25) is 0 Å². The van der Waals surface area contributed by atoms with Crippen LogP contribution >= 0.6 is 11.6 Å². The van der Waals surface area contributed by atoms with Crippen molar-refractivity contribution >= 4 is 17.4 Å². The van der Waals surface area contributed by atoms with E-state index in [0.29, 0.717) is 22.3 Å². The molecule has 1 fully saturated rings. The first kappa shape index (κ1) is 21.9. The van der Waals surface area contributed by atoms with Crippen LogP contribution in [-0.2, 0) is 7.05 Å². The molecule has 0 radical (unpaired) electrons. The van der Waals surface area contributed by atoms with Crippen LogP contribution in [-0.4, -0.2) is 25.4 Å². The van der Waals surface area contributed by atoms with Gasteiger partial charge >= 0.3 is 0 Å².